The number of anilines is 1. The molecule has 0 aliphatic carbocycles. The summed E-state index contributed by atoms with van der Waals surface area (Å²) in [6.07, 6.45) is 20.6. The molecule has 1 aromatic carbocycles. The van der Waals surface area contributed by atoms with Gasteiger partial charge >= 0.3 is 0 Å². The second-order valence-electron chi connectivity index (χ2n) is 18.5. The number of amides is 6. The van der Waals surface area contributed by atoms with Crippen molar-refractivity contribution in [2.24, 2.45) is 5.92 Å². The number of piperazine rings is 1. The number of carbonyl (C=O) groups is 6. The minimum absolute atomic E-state index is 0.0713. The number of unbranched alkanes of at least 4 members (excludes halogenated alkanes) is 4. The molecule has 2 N–H and O–H groups in total. The minimum atomic E-state index is -0.954. The zero-order valence-corrected chi connectivity index (χ0v) is 39.4. The number of hydrogen-bond donors (Lipinski definition) is 2. The fraction of sp³-hybridized carbons (Fsp3) is 0.529. The molecule has 3 aromatic rings. The first kappa shape index (κ1) is 48.0. The molecule has 2 aromatic heterocycles. The van der Waals surface area contributed by atoms with Gasteiger partial charge in [0.1, 0.15) is 11.9 Å². The van der Waals surface area contributed by atoms with E-state index in [0.717, 1.165) is 156 Å². The Morgan fingerprint density at radius 1 is 0.791 bits per heavy atom. The Labute approximate surface area is 398 Å². The molecule has 0 spiro atoms. The molecule has 4 fully saturated rings. The summed E-state index contributed by atoms with van der Waals surface area (Å²) in [6, 6.07) is 12.7. The van der Waals surface area contributed by atoms with Crippen LogP contribution in [0, 0.1) is 5.92 Å². The van der Waals surface area contributed by atoms with Crippen molar-refractivity contribution < 1.29 is 28.8 Å². The van der Waals surface area contributed by atoms with Gasteiger partial charge in [0, 0.05) is 101 Å². The number of likely N-dealkylation sites (tertiary alicyclic amines) is 1. The molecule has 8 rings (SSSR count). The highest BCUT2D eigenvalue weighted by Gasteiger charge is 2.45. The molecule has 16 heteroatoms. The zero-order chi connectivity index (χ0) is 46.5. The van der Waals surface area contributed by atoms with Gasteiger partial charge in [-0.3, -0.25) is 48.9 Å². The van der Waals surface area contributed by atoms with Gasteiger partial charge in [-0.15, -0.1) is 11.8 Å². The number of hydrogen-bond acceptors (Lipinski definition) is 12. The lowest BCUT2D eigenvalue weighted by atomic mass is 9.91. The molecule has 7 heterocycles. The van der Waals surface area contributed by atoms with E-state index in [0.29, 0.717) is 35.2 Å². The van der Waals surface area contributed by atoms with Crippen molar-refractivity contribution in [1.82, 2.24) is 40.2 Å². The van der Waals surface area contributed by atoms with E-state index in [4.69, 9.17) is 4.98 Å². The number of imide groups is 2. The average Bonchev–Trinajstić information content (AvgIpc) is 3.62. The van der Waals surface area contributed by atoms with E-state index in [2.05, 4.69) is 30.3 Å². The van der Waals surface area contributed by atoms with Crippen molar-refractivity contribution in [2.45, 2.75) is 100 Å². The molecule has 356 valence electrons. The second kappa shape index (κ2) is 23.5. The molecule has 1 atom stereocenters. The number of piperidine rings is 3. The standard InChI is InChI=1S/C51H65N9O6S/c61-45(17-13-38-10-8-23-52-35-38)53-24-4-3-9-37-19-26-59(27-20-37)49(64)39-14-16-44(54-36-39)58-28-21-40(22-29-58)57-32-30-56(31-33-57)25-5-1-2-6-34-67-43-12-7-11-41-47(43)51(66)60(50(41)65)42-15-18-46(62)55-48(42)63/h7-8,10-14,16-17,23,35-37,40,42H,1-6,9,15,18-22,24-34H2,(H,53,61)(H,55,62,63)/b17-13+. The van der Waals surface area contributed by atoms with Crippen molar-refractivity contribution in [3.8, 4) is 0 Å². The van der Waals surface area contributed by atoms with Gasteiger partial charge in [-0.2, -0.15) is 0 Å². The van der Waals surface area contributed by atoms with E-state index in [-0.39, 0.29) is 30.6 Å². The van der Waals surface area contributed by atoms with Crippen LogP contribution in [0.1, 0.15) is 120 Å². The van der Waals surface area contributed by atoms with Crippen molar-refractivity contribution in [3.63, 3.8) is 0 Å². The fourth-order valence-electron chi connectivity index (χ4n) is 10.2. The van der Waals surface area contributed by atoms with Crippen molar-refractivity contribution in [1.29, 1.82) is 0 Å². The first-order chi connectivity index (χ1) is 32.7. The Morgan fingerprint density at radius 3 is 2.34 bits per heavy atom. The first-order valence-corrected chi connectivity index (χ1v) is 25.5. The number of benzene rings is 1. The molecule has 67 heavy (non-hydrogen) atoms. The van der Waals surface area contributed by atoms with Gasteiger partial charge in [0.2, 0.25) is 17.7 Å². The molecule has 4 saturated heterocycles. The zero-order valence-electron chi connectivity index (χ0n) is 38.6. The third-order valence-corrected chi connectivity index (χ3v) is 15.3. The summed E-state index contributed by atoms with van der Waals surface area (Å²) in [5.74, 6) is 0.504. The Morgan fingerprint density at radius 2 is 1.60 bits per heavy atom. The molecule has 0 bridgehead atoms. The van der Waals surface area contributed by atoms with Crippen LogP contribution in [-0.4, -0.2) is 148 Å². The highest BCUT2D eigenvalue weighted by Crippen LogP contribution is 2.35. The molecule has 0 radical (unpaired) electrons. The van der Waals surface area contributed by atoms with Crippen LogP contribution >= 0.6 is 11.8 Å². The number of carbonyl (C=O) groups excluding carboxylic acids is 6. The number of rotatable bonds is 19. The van der Waals surface area contributed by atoms with Gasteiger partial charge in [-0.05, 0) is 112 Å². The van der Waals surface area contributed by atoms with Gasteiger partial charge in [0.25, 0.3) is 17.7 Å². The van der Waals surface area contributed by atoms with E-state index >= 15 is 0 Å². The number of nitrogens with one attached hydrogen (secondary N) is 2. The van der Waals surface area contributed by atoms with Crippen LogP contribution in [0.15, 0.2) is 72.0 Å². The quantitative estimate of drug-likeness (QED) is 0.0656. The largest absolute Gasteiger partial charge is 0.357 e. The van der Waals surface area contributed by atoms with E-state index in [1.807, 2.05) is 35.2 Å². The minimum Gasteiger partial charge on any atom is -0.357 e. The summed E-state index contributed by atoms with van der Waals surface area (Å²) < 4.78 is 0. The number of aromatic nitrogens is 2. The monoisotopic (exact) mass is 931 g/mol. The van der Waals surface area contributed by atoms with Crippen LogP contribution in [-0.2, 0) is 14.4 Å². The molecular weight excluding hydrogens is 867 g/mol. The maximum Gasteiger partial charge on any atom is 0.263 e. The first-order valence-electron chi connectivity index (χ1n) is 24.5. The van der Waals surface area contributed by atoms with Gasteiger partial charge in [0.15, 0.2) is 0 Å². The molecule has 15 nitrogen and oxygen atoms in total. The highest BCUT2D eigenvalue weighted by molar-refractivity contribution is 7.99. The molecule has 6 amide bonds. The second-order valence-corrected chi connectivity index (χ2v) is 19.7. The summed E-state index contributed by atoms with van der Waals surface area (Å²) in [4.78, 5) is 96.4. The molecular formula is C51H65N9O6S. The van der Waals surface area contributed by atoms with Crippen LogP contribution in [0.25, 0.3) is 6.08 Å². The summed E-state index contributed by atoms with van der Waals surface area (Å²) in [6.45, 7) is 9.65. The predicted octanol–water partition coefficient (Wildman–Crippen LogP) is 5.67. The number of pyridine rings is 2. The lowest BCUT2D eigenvalue weighted by molar-refractivity contribution is -0.136. The normalized spacial score (nSPS) is 20.2. The maximum atomic E-state index is 13.4. The third-order valence-electron chi connectivity index (χ3n) is 14.1. The van der Waals surface area contributed by atoms with Gasteiger partial charge < -0.3 is 20.0 Å². The Bertz CT molecular complexity index is 2240. The van der Waals surface area contributed by atoms with Crippen molar-refractivity contribution >= 4 is 59.1 Å². The number of thioether (sulfide) groups is 1. The number of nitrogens with zero attached hydrogens (tertiary/aromatic N) is 7. The van der Waals surface area contributed by atoms with Gasteiger partial charge in [-0.25, -0.2) is 4.98 Å². The van der Waals surface area contributed by atoms with Crippen LogP contribution in [0.2, 0.25) is 0 Å². The predicted molar refractivity (Wildman–Crippen MR) is 259 cm³/mol. The van der Waals surface area contributed by atoms with Crippen LogP contribution < -0.4 is 15.5 Å². The highest BCUT2D eigenvalue weighted by atomic mass is 32.2. The topological polar surface area (TPSA) is 168 Å². The average molecular weight is 932 g/mol. The SMILES string of the molecule is O=C(/C=C/c1cccnc1)NCCCCC1CCN(C(=O)c2ccc(N3CCC(N4CCN(CCCCCCSc5cccc6c5C(=O)N(C5CCC(=O)NC5=O)C6=O)CC4)CC3)nc2)CC1. The molecule has 1 unspecified atom stereocenters. The summed E-state index contributed by atoms with van der Waals surface area (Å²) >= 11 is 1.59. The van der Waals surface area contributed by atoms with Crippen LogP contribution in [0.4, 0.5) is 5.82 Å². The van der Waals surface area contributed by atoms with Gasteiger partial charge in [0.05, 0.1) is 16.7 Å². The Hall–Kier alpha value is -5.45. The Kier molecular flexibility index (Phi) is 16.9. The summed E-state index contributed by atoms with van der Waals surface area (Å²) in [7, 11) is 0. The maximum absolute atomic E-state index is 13.4. The van der Waals surface area contributed by atoms with E-state index < -0.39 is 23.8 Å². The lowest BCUT2D eigenvalue weighted by Crippen LogP contribution is -2.54. The van der Waals surface area contributed by atoms with E-state index in [9.17, 15) is 28.8 Å². The summed E-state index contributed by atoms with van der Waals surface area (Å²) in [5.41, 5.74) is 2.27. The van der Waals surface area contributed by atoms with Crippen molar-refractivity contribution in [3.05, 3.63) is 89.4 Å². The van der Waals surface area contributed by atoms with Crippen molar-refractivity contribution in [2.75, 3.05) is 76.1 Å². The number of fused-ring (bicyclic) bond motifs is 1. The molecule has 5 aliphatic heterocycles. The third kappa shape index (κ3) is 12.6. The lowest BCUT2D eigenvalue weighted by Gasteiger charge is -2.43. The molecule has 0 saturated carbocycles. The van der Waals surface area contributed by atoms with E-state index in [1.54, 1.807) is 54.6 Å². The molecule has 5 aliphatic rings. The van der Waals surface area contributed by atoms with Crippen LogP contribution in [0.5, 0.6) is 0 Å². The fourth-order valence-corrected chi connectivity index (χ4v) is 11.3. The van der Waals surface area contributed by atoms with Crippen LogP contribution in [0.3, 0.4) is 0 Å². The Balaban J connectivity index is 0.655. The van der Waals surface area contributed by atoms with Gasteiger partial charge in [-0.1, -0.05) is 37.8 Å². The summed E-state index contributed by atoms with van der Waals surface area (Å²) in [5, 5.41) is 5.22. The van der Waals surface area contributed by atoms with E-state index in [1.165, 1.54) is 0 Å². The smallest absolute Gasteiger partial charge is 0.263 e.